The third-order valence-electron chi connectivity index (χ3n) is 5.33. The Morgan fingerprint density at radius 2 is 1.59 bits per heavy atom. The van der Waals surface area contributed by atoms with Crippen LogP contribution in [0.3, 0.4) is 0 Å². The van der Waals surface area contributed by atoms with Gasteiger partial charge in [0.15, 0.2) is 0 Å². The SMILES string of the molecule is Cc1ccc(N2C(=O)NC(=O)/C(=C\c3cc(C)n(-c4ccc(F)c(Cl)c4)c3C)C2=O)cc1. The first kappa shape index (κ1) is 21.5. The summed E-state index contributed by atoms with van der Waals surface area (Å²) in [6.45, 7) is 5.54. The topological polar surface area (TPSA) is 71.4 Å². The Morgan fingerprint density at radius 1 is 0.938 bits per heavy atom. The second-order valence-electron chi connectivity index (χ2n) is 7.55. The number of nitrogens with zero attached hydrogens (tertiary/aromatic N) is 2. The average Bonchev–Trinajstić information content (AvgIpc) is 3.01. The molecule has 0 aliphatic carbocycles. The van der Waals surface area contributed by atoms with Gasteiger partial charge in [-0.25, -0.2) is 14.1 Å². The number of benzene rings is 2. The van der Waals surface area contributed by atoms with Gasteiger partial charge in [0.2, 0.25) is 0 Å². The maximum absolute atomic E-state index is 13.6. The van der Waals surface area contributed by atoms with E-state index in [0.29, 0.717) is 16.9 Å². The Kier molecular flexibility index (Phi) is 5.44. The molecule has 1 aliphatic heterocycles. The van der Waals surface area contributed by atoms with E-state index in [1.165, 1.54) is 18.2 Å². The molecular weight excluding hydrogens is 433 g/mol. The van der Waals surface area contributed by atoms with Crippen LogP contribution < -0.4 is 10.2 Å². The predicted octanol–water partition coefficient (Wildman–Crippen LogP) is 4.86. The van der Waals surface area contributed by atoms with Crippen molar-refractivity contribution in [3.05, 3.63) is 87.5 Å². The average molecular weight is 452 g/mol. The summed E-state index contributed by atoms with van der Waals surface area (Å²) in [6.07, 6.45) is 1.45. The highest BCUT2D eigenvalue weighted by molar-refractivity contribution is 6.39. The molecule has 0 atom stereocenters. The first-order valence-corrected chi connectivity index (χ1v) is 10.2. The third-order valence-corrected chi connectivity index (χ3v) is 5.61. The van der Waals surface area contributed by atoms with Crippen molar-refractivity contribution in [1.29, 1.82) is 0 Å². The van der Waals surface area contributed by atoms with Gasteiger partial charge in [0, 0.05) is 17.1 Å². The van der Waals surface area contributed by atoms with Crippen molar-refractivity contribution >= 4 is 41.2 Å². The lowest BCUT2D eigenvalue weighted by Gasteiger charge is -2.26. The number of anilines is 1. The van der Waals surface area contributed by atoms with Crippen LogP contribution in [0.1, 0.15) is 22.5 Å². The van der Waals surface area contributed by atoms with Crippen LogP contribution in [0.4, 0.5) is 14.9 Å². The summed E-state index contributed by atoms with van der Waals surface area (Å²) in [5.41, 5.74) is 3.94. The molecule has 3 aromatic rings. The Labute approximate surface area is 188 Å². The number of rotatable bonds is 3. The summed E-state index contributed by atoms with van der Waals surface area (Å²) in [7, 11) is 0. The molecule has 2 heterocycles. The first-order chi connectivity index (χ1) is 15.2. The number of hydrogen-bond acceptors (Lipinski definition) is 3. The molecule has 4 amide bonds. The zero-order valence-electron chi connectivity index (χ0n) is 17.6. The molecule has 0 unspecified atom stereocenters. The Morgan fingerprint density at radius 3 is 2.25 bits per heavy atom. The molecule has 0 radical (unpaired) electrons. The fourth-order valence-corrected chi connectivity index (χ4v) is 3.87. The zero-order valence-corrected chi connectivity index (χ0v) is 18.3. The minimum absolute atomic E-state index is 0.0102. The molecule has 0 spiro atoms. The highest BCUT2D eigenvalue weighted by Crippen LogP contribution is 2.27. The fraction of sp³-hybridized carbons (Fsp3) is 0.125. The lowest BCUT2D eigenvalue weighted by atomic mass is 10.1. The number of hydrogen-bond donors (Lipinski definition) is 1. The normalized spacial score (nSPS) is 15.5. The number of halogens is 2. The molecule has 162 valence electrons. The van der Waals surface area contributed by atoms with E-state index in [-0.39, 0.29) is 10.6 Å². The molecule has 6 nitrogen and oxygen atoms in total. The van der Waals surface area contributed by atoms with Gasteiger partial charge in [-0.3, -0.25) is 14.9 Å². The first-order valence-electron chi connectivity index (χ1n) is 9.80. The molecule has 1 aliphatic rings. The summed E-state index contributed by atoms with van der Waals surface area (Å²) < 4.78 is 15.4. The summed E-state index contributed by atoms with van der Waals surface area (Å²) in [6, 6.07) is 12.2. The molecule has 1 saturated heterocycles. The van der Waals surface area contributed by atoms with Gasteiger partial charge in [-0.05, 0) is 68.8 Å². The van der Waals surface area contributed by atoms with Crippen molar-refractivity contribution in [2.75, 3.05) is 4.90 Å². The van der Waals surface area contributed by atoms with Crippen LogP contribution >= 0.6 is 11.6 Å². The number of amides is 4. The molecule has 8 heteroatoms. The number of barbiturate groups is 1. The number of imide groups is 2. The van der Waals surface area contributed by atoms with Crippen molar-refractivity contribution in [3.8, 4) is 5.69 Å². The van der Waals surface area contributed by atoms with Crippen molar-refractivity contribution < 1.29 is 18.8 Å². The van der Waals surface area contributed by atoms with Gasteiger partial charge in [0.05, 0.1) is 10.7 Å². The monoisotopic (exact) mass is 451 g/mol. The predicted molar refractivity (Wildman–Crippen MR) is 120 cm³/mol. The molecule has 32 heavy (non-hydrogen) atoms. The maximum atomic E-state index is 13.6. The maximum Gasteiger partial charge on any atom is 0.335 e. The fourth-order valence-electron chi connectivity index (χ4n) is 3.70. The second kappa shape index (κ2) is 8.09. The van der Waals surface area contributed by atoms with E-state index in [9.17, 15) is 18.8 Å². The van der Waals surface area contributed by atoms with E-state index >= 15 is 0 Å². The van der Waals surface area contributed by atoms with Gasteiger partial charge < -0.3 is 4.57 Å². The minimum Gasteiger partial charge on any atom is -0.318 e. The number of aromatic nitrogens is 1. The molecule has 2 aromatic carbocycles. The summed E-state index contributed by atoms with van der Waals surface area (Å²) in [5, 5.41) is 2.21. The molecule has 4 rings (SSSR count). The number of carbonyl (C=O) groups excluding carboxylic acids is 3. The van der Waals surface area contributed by atoms with Crippen molar-refractivity contribution in [2.24, 2.45) is 0 Å². The van der Waals surface area contributed by atoms with Gasteiger partial charge in [-0.15, -0.1) is 0 Å². The van der Waals surface area contributed by atoms with Crippen molar-refractivity contribution in [2.45, 2.75) is 20.8 Å². The van der Waals surface area contributed by atoms with E-state index in [4.69, 9.17) is 11.6 Å². The second-order valence-corrected chi connectivity index (χ2v) is 7.96. The van der Waals surface area contributed by atoms with Crippen molar-refractivity contribution in [1.82, 2.24) is 9.88 Å². The highest BCUT2D eigenvalue weighted by Gasteiger charge is 2.37. The van der Waals surface area contributed by atoms with E-state index in [1.54, 1.807) is 36.4 Å². The van der Waals surface area contributed by atoms with Crippen LogP contribution in [-0.4, -0.2) is 22.4 Å². The Bertz CT molecular complexity index is 1310. The van der Waals surface area contributed by atoms with Gasteiger partial charge in [-0.2, -0.15) is 0 Å². The zero-order chi connectivity index (χ0) is 23.2. The van der Waals surface area contributed by atoms with E-state index in [1.807, 2.05) is 25.3 Å². The molecular formula is C24H19ClFN3O3. The van der Waals surface area contributed by atoms with Crippen LogP contribution in [0.25, 0.3) is 11.8 Å². The standard InChI is InChI=1S/C24H19ClFN3O3/c1-13-4-6-17(7-5-13)29-23(31)19(22(30)27-24(29)32)11-16-10-14(2)28(15(16)3)18-8-9-21(26)20(25)12-18/h4-12H,1-3H3,(H,27,30,32)/b19-11+. The molecule has 0 saturated carbocycles. The lowest BCUT2D eigenvalue weighted by molar-refractivity contribution is -0.122. The summed E-state index contributed by atoms with van der Waals surface area (Å²) in [5.74, 6) is -2.00. The Balaban J connectivity index is 1.76. The van der Waals surface area contributed by atoms with Crippen molar-refractivity contribution in [3.63, 3.8) is 0 Å². The van der Waals surface area contributed by atoms with Gasteiger partial charge >= 0.3 is 6.03 Å². The number of aryl methyl sites for hydroxylation is 2. The van der Waals surface area contributed by atoms with E-state index in [2.05, 4.69) is 5.32 Å². The molecule has 1 fully saturated rings. The van der Waals surface area contributed by atoms with E-state index in [0.717, 1.165) is 21.9 Å². The van der Waals surface area contributed by atoms with Gasteiger partial charge in [0.1, 0.15) is 11.4 Å². The highest BCUT2D eigenvalue weighted by atomic mass is 35.5. The lowest BCUT2D eigenvalue weighted by Crippen LogP contribution is -2.54. The number of nitrogens with one attached hydrogen (secondary N) is 1. The molecule has 1 aromatic heterocycles. The number of carbonyl (C=O) groups is 3. The largest absolute Gasteiger partial charge is 0.335 e. The van der Waals surface area contributed by atoms with Crippen LogP contribution in [0.15, 0.2) is 54.1 Å². The summed E-state index contributed by atoms with van der Waals surface area (Å²) >= 11 is 5.93. The van der Waals surface area contributed by atoms with Crippen LogP contribution in [-0.2, 0) is 9.59 Å². The van der Waals surface area contributed by atoms with Crippen LogP contribution in [0.2, 0.25) is 5.02 Å². The third kappa shape index (κ3) is 3.71. The molecule has 1 N–H and O–H groups in total. The van der Waals surface area contributed by atoms with E-state index < -0.39 is 23.7 Å². The minimum atomic E-state index is -0.799. The smallest absolute Gasteiger partial charge is 0.318 e. The van der Waals surface area contributed by atoms with Crippen LogP contribution in [0.5, 0.6) is 0 Å². The quantitative estimate of drug-likeness (QED) is 0.456. The van der Waals surface area contributed by atoms with Crippen LogP contribution in [0, 0.1) is 26.6 Å². The summed E-state index contributed by atoms with van der Waals surface area (Å²) in [4.78, 5) is 38.9. The molecule has 0 bridgehead atoms. The Hall–Kier alpha value is -3.71. The van der Waals surface area contributed by atoms with Gasteiger partial charge in [0.25, 0.3) is 11.8 Å². The van der Waals surface area contributed by atoms with Gasteiger partial charge in [-0.1, -0.05) is 29.3 Å². The number of urea groups is 1.